The third kappa shape index (κ3) is 1.66. The highest BCUT2D eigenvalue weighted by Gasteiger charge is 2.02. The topological polar surface area (TPSA) is 73.1 Å². The minimum atomic E-state index is -0.544. The second kappa shape index (κ2) is 3.13. The maximum atomic E-state index is 10.7. The first-order valence-electron chi connectivity index (χ1n) is 3.38. The number of ketones is 1. The summed E-state index contributed by atoms with van der Waals surface area (Å²) < 4.78 is 0. The summed E-state index contributed by atoms with van der Waals surface area (Å²) in [5.41, 5.74) is 5.61. The molecular formula is C8H8N2O2. The molecule has 0 atom stereocenters. The molecule has 0 aromatic carbocycles. The van der Waals surface area contributed by atoms with Gasteiger partial charge in [0.1, 0.15) is 5.69 Å². The van der Waals surface area contributed by atoms with Crippen LogP contribution in [0.25, 0.3) is 0 Å². The van der Waals surface area contributed by atoms with Gasteiger partial charge in [-0.3, -0.25) is 14.6 Å². The number of Topliss-reactive ketones (excluding diaryl/α,β-unsaturated/α-hetero) is 1. The Morgan fingerprint density at radius 3 is 2.42 bits per heavy atom. The average Bonchev–Trinajstić information content (AvgIpc) is 2.04. The summed E-state index contributed by atoms with van der Waals surface area (Å²) in [6.45, 7) is 1.41. The molecule has 4 heteroatoms. The van der Waals surface area contributed by atoms with Gasteiger partial charge in [-0.05, 0) is 12.1 Å². The number of nitrogens with two attached hydrogens (primary N) is 1. The molecule has 0 bridgehead atoms. The molecule has 0 radical (unpaired) electrons. The van der Waals surface area contributed by atoms with Crippen molar-refractivity contribution >= 4 is 11.7 Å². The molecule has 0 saturated heterocycles. The summed E-state index contributed by atoms with van der Waals surface area (Å²) in [4.78, 5) is 25.1. The Kier molecular flexibility index (Phi) is 2.19. The second-order valence-corrected chi connectivity index (χ2v) is 2.35. The number of carbonyl (C=O) groups excluding carboxylic acids is 2. The molecule has 12 heavy (non-hydrogen) atoms. The van der Waals surface area contributed by atoms with Crippen molar-refractivity contribution in [3.05, 3.63) is 29.6 Å². The van der Waals surface area contributed by atoms with Gasteiger partial charge in [0.2, 0.25) is 5.91 Å². The Hall–Kier alpha value is -1.71. The molecule has 0 aliphatic heterocycles. The van der Waals surface area contributed by atoms with Gasteiger partial charge in [0.05, 0.1) is 5.56 Å². The molecule has 4 nitrogen and oxygen atoms in total. The van der Waals surface area contributed by atoms with Crippen LogP contribution in [0.15, 0.2) is 18.3 Å². The monoisotopic (exact) mass is 164 g/mol. The number of carbonyl (C=O) groups is 2. The maximum Gasteiger partial charge on any atom is 0.250 e. The number of hydrogen-bond acceptors (Lipinski definition) is 3. The van der Waals surface area contributed by atoms with E-state index >= 15 is 0 Å². The van der Waals surface area contributed by atoms with E-state index in [2.05, 4.69) is 4.98 Å². The van der Waals surface area contributed by atoms with Crippen LogP contribution in [0.4, 0.5) is 0 Å². The quantitative estimate of drug-likeness (QED) is 0.642. The molecule has 1 aromatic rings. The third-order valence-corrected chi connectivity index (χ3v) is 1.41. The molecule has 0 aliphatic rings. The fraction of sp³-hybridized carbons (Fsp3) is 0.125. The van der Waals surface area contributed by atoms with Crippen molar-refractivity contribution in [2.45, 2.75) is 6.92 Å². The molecule has 0 spiro atoms. The molecule has 1 amide bonds. The van der Waals surface area contributed by atoms with Gasteiger partial charge in [0, 0.05) is 13.1 Å². The Balaban J connectivity index is 3.01. The second-order valence-electron chi connectivity index (χ2n) is 2.35. The molecule has 0 fully saturated rings. The van der Waals surface area contributed by atoms with E-state index in [1.807, 2.05) is 0 Å². The van der Waals surface area contributed by atoms with Gasteiger partial charge in [-0.1, -0.05) is 0 Å². The number of pyridine rings is 1. The van der Waals surface area contributed by atoms with Crippen molar-refractivity contribution in [2.75, 3.05) is 0 Å². The van der Waals surface area contributed by atoms with Gasteiger partial charge in [0.15, 0.2) is 5.78 Å². The van der Waals surface area contributed by atoms with E-state index in [4.69, 9.17) is 5.73 Å². The van der Waals surface area contributed by atoms with Crippen LogP contribution in [-0.2, 0) is 0 Å². The molecule has 1 heterocycles. The van der Waals surface area contributed by atoms with Crippen LogP contribution in [0, 0.1) is 0 Å². The smallest absolute Gasteiger partial charge is 0.250 e. The van der Waals surface area contributed by atoms with E-state index in [0.717, 1.165) is 0 Å². The minimum absolute atomic E-state index is 0.133. The van der Waals surface area contributed by atoms with E-state index in [9.17, 15) is 9.59 Å². The first-order chi connectivity index (χ1) is 5.61. The molecule has 0 aliphatic carbocycles. The lowest BCUT2D eigenvalue weighted by atomic mass is 10.2. The lowest BCUT2D eigenvalue weighted by Gasteiger charge is -1.95. The van der Waals surface area contributed by atoms with Crippen molar-refractivity contribution in [3.8, 4) is 0 Å². The highest BCUT2D eigenvalue weighted by atomic mass is 16.1. The van der Waals surface area contributed by atoms with Gasteiger partial charge >= 0.3 is 0 Å². The lowest BCUT2D eigenvalue weighted by molar-refractivity contribution is 0.0990. The summed E-state index contributed by atoms with van der Waals surface area (Å²) >= 11 is 0. The van der Waals surface area contributed by atoms with E-state index in [1.54, 1.807) is 0 Å². The first kappa shape index (κ1) is 8.39. The minimum Gasteiger partial charge on any atom is -0.366 e. The van der Waals surface area contributed by atoms with Crippen LogP contribution in [0.2, 0.25) is 0 Å². The predicted octanol–water partition coefficient (Wildman–Crippen LogP) is 0.383. The van der Waals surface area contributed by atoms with Crippen molar-refractivity contribution in [1.29, 1.82) is 0 Å². The van der Waals surface area contributed by atoms with Gasteiger partial charge < -0.3 is 5.73 Å². The molecule has 0 saturated carbocycles. The van der Waals surface area contributed by atoms with Crippen LogP contribution >= 0.6 is 0 Å². The maximum absolute atomic E-state index is 10.7. The fourth-order valence-electron chi connectivity index (χ4n) is 0.748. The predicted molar refractivity (Wildman–Crippen MR) is 42.8 cm³/mol. The summed E-state index contributed by atoms with van der Waals surface area (Å²) in [5.74, 6) is -0.677. The zero-order valence-corrected chi connectivity index (χ0v) is 6.57. The van der Waals surface area contributed by atoms with Gasteiger partial charge in [0.25, 0.3) is 0 Å². The Morgan fingerprint density at radius 1 is 1.42 bits per heavy atom. The number of hydrogen-bond donors (Lipinski definition) is 1. The average molecular weight is 164 g/mol. The summed E-state index contributed by atoms with van der Waals surface area (Å²) in [6, 6.07) is 2.95. The van der Waals surface area contributed by atoms with E-state index in [0.29, 0.717) is 11.3 Å². The third-order valence-electron chi connectivity index (χ3n) is 1.41. The fourth-order valence-corrected chi connectivity index (χ4v) is 0.748. The molecule has 2 N–H and O–H groups in total. The molecular weight excluding hydrogens is 156 g/mol. The molecule has 1 rings (SSSR count). The highest BCUT2D eigenvalue weighted by Crippen LogP contribution is 1.99. The Bertz CT molecular complexity index is 283. The number of nitrogens with zero attached hydrogens (tertiary/aromatic N) is 1. The Morgan fingerprint density at radius 2 is 2.08 bits per heavy atom. The van der Waals surface area contributed by atoms with E-state index < -0.39 is 5.91 Å². The number of rotatable bonds is 2. The number of primary amides is 1. The van der Waals surface area contributed by atoms with Gasteiger partial charge in [-0.15, -0.1) is 0 Å². The number of amides is 1. The molecule has 0 unspecified atom stereocenters. The normalized spacial score (nSPS) is 9.42. The van der Waals surface area contributed by atoms with Crippen LogP contribution in [0.5, 0.6) is 0 Å². The van der Waals surface area contributed by atoms with Crippen LogP contribution < -0.4 is 5.73 Å². The summed E-state index contributed by atoms with van der Waals surface area (Å²) in [5, 5.41) is 0. The van der Waals surface area contributed by atoms with Gasteiger partial charge in [-0.25, -0.2) is 0 Å². The lowest BCUT2D eigenvalue weighted by Crippen LogP contribution is -2.11. The zero-order valence-electron chi connectivity index (χ0n) is 6.57. The van der Waals surface area contributed by atoms with Crippen LogP contribution in [-0.4, -0.2) is 16.7 Å². The van der Waals surface area contributed by atoms with Crippen molar-refractivity contribution < 1.29 is 9.59 Å². The standard InChI is InChI=1S/C8H8N2O2/c1-5(11)7-3-2-6(4-10-7)8(9)12/h2-4H,1H3,(H2,9,12). The SMILES string of the molecule is CC(=O)c1ccc(C(N)=O)cn1. The van der Waals surface area contributed by atoms with E-state index in [-0.39, 0.29) is 5.78 Å². The van der Waals surface area contributed by atoms with Crippen molar-refractivity contribution in [1.82, 2.24) is 4.98 Å². The zero-order chi connectivity index (χ0) is 9.14. The van der Waals surface area contributed by atoms with Crippen LogP contribution in [0.3, 0.4) is 0 Å². The summed E-state index contributed by atoms with van der Waals surface area (Å²) in [7, 11) is 0. The highest BCUT2D eigenvalue weighted by molar-refractivity contribution is 5.95. The van der Waals surface area contributed by atoms with Gasteiger partial charge in [-0.2, -0.15) is 0 Å². The van der Waals surface area contributed by atoms with Crippen LogP contribution in [0.1, 0.15) is 27.8 Å². The van der Waals surface area contributed by atoms with E-state index in [1.165, 1.54) is 25.3 Å². The van der Waals surface area contributed by atoms with Crippen molar-refractivity contribution in [3.63, 3.8) is 0 Å². The van der Waals surface area contributed by atoms with Crippen molar-refractivity contribution in [2.24, 2.45) is 5.73 Å². The summed E-state index contributed by atoms with van der Waals surface area (Å²) in [6.07, 6.45) is 1.29. The Labute approximate surface area is 69.4 Å². The molecule has 62 valence electrons. The number of aromatic nitrogens is 1. The first-order valence-corrected chi connectivity index (χ1v) is 3.38. The largest absolute Gasteiger partial charge is 0.366 e. The molecule has 1 aromatic heterocycles.